The SMILES string of the molecule is C[S@](=O)Cc1cc(NC(=O)c2n[nH]c3ccccc23)ccc1Cl. The van der Waals surface area contributed by atoms with Gasteiger partial charge in [0.2, 0.25) is 0 Å². The molecule has 0 saturated carbocycles. The lowest BCUT2D eigenvalue weighted by atomic mass is 10.2. The minimum atomic E-state index is -1.01. The van der Waals surface area contributed by atoms with Gasteiger partial charge in [0.1, 0.15) is 0 Å². The average Bonchev–Trinajstić information content (AvgIpc) is 2.94. The number of rotatable bonds is 4. The van der Waals surface area contributed by atoms with E-state index in [4.69, 9.17) is 11.6 Å². The van der Waals surface area contributed by atoms with Crippen LogP contribution in [0.15, 0.2) is 42.5 Å². The number of hydrogen-bond donors (Lipinski definition) is 2. The summed E-state index contributed by atoms with van der Waals surface area (Å²) in [4.78, 5) is 12.4. The molecule has 0 bridgehead atoms. The second kappa shape index (κ2) is 6.52. The Morgan fingerprint density at radius 1 is 1.30 bits per heavy atom. The molecule has 5 nitrogen and oxygen atoms in total. The Morgan fingerprint density at radius 2 is 2.09 bits per heavy atom. The van der Waals surface area contributed by atoms with Crippen molar-refractivity contribution in [2.24, 2.45) is 0 Å². The van der Waals surface area contributed by atoms with Gasteiger partial charge in [-0.25, -0.2) is 0 Å². The van der Waals surface area contributed by atoms with Gasteiger partial charge in [-0.05, 0) is 29.8 Å². The number of H-pyrrole nitrogens is 1. The summed E-state index contributed by atoms with van der Waals surface area (Å²) in [6.07, 6.45) is 1.61. The monoisotopic (exact) mass is 347 g/mol. The number of nitrogens with zero attached hydrogens (tertiary/aromatic N) is 1. The number of aromatic amines is 1. The van der Waals surface area contributed by atoms with Crippen LogP contribution in [0.25, 0.3) is 10.9 Å². The minimum absolute atomic E-state index is 0.312. The first kappa shape index (κ1) is 15.7. The minimum Gasteiger partial charge on any atom is -0.321 e. The molecule has 0 radical (unpaired) electrons. The Labute approximate surface area is 140 Å². The first-order chi connectivity index (χ1) is 11.0. The Bertz CT molecular complexity index is 907. The molecule has 0 aliphatic heterocycles. The van der Waals surface area contributed by atoms with Gasteiger partial charge in [-0.3, -0.25) is 14.1 Å². The number of benzene rings is 2. The van der Waals surface area contributed by atoms with Crippen molar-refractivity contribution in [1.29, 1.82) is 0 Å². The smallest absolute Gasteiger partial charge is 0.276 e. The van der Waals surface area contributed by atoms with Gasteiger partial charge in [0, 0.05) is 38.9 Å². The molecule has 1 amide bonds. The van der Waals surface area contributed by atoms with E-state index >= 15 is 0 Å². The summed E-state index contributed by atoms with van der Waals surface area (Å²) in [7, 11) is -1.01. The molecule has 0 spiro atoms. The lowest BCUT2D eigenvalue weighted by Gasteiger charge is -2.08. The highest BCUT2D eigenvalue weighted by Crippen LogP contribution is 2.23. The van der Waals surface area contributed by atoms with Crippen LogP contribution in [0.4, 0.5) is 5.69 Å². The summed E-state index contributed by atoms with van der Waals surface area (Å²) in [6.45, 7) is 0. The zero-order valence-electron chi connectivity index (χ0n) is 12.3. The number of hydrogen-bond acceptors (Lipinski definition) is 3. The molecule has 1 heterocycles. The van der Waals surface area contributed by atoms with Gasteiger partial charge in [0.05, 0.1) is 5.52 Å². The van der Waals surface area contributed by atoms with E-state index in [1.165, 1.54) is 0 Å². The summed E-state index contributed by atoms with van der Waals surface area (Å²) in [5.41, 5.74) is 2.45. The maximum atomic E-state index is 12.4. The maximum Gasteiger partial charge on any atom is 0.276 e. The molecule has 0 aliphatic rings. The highest BCUT2D eigenvalue weighted by Gasteiger charge is 2.14. The van der Waals surface area contributed by atoms with Gasteiger partial charge in [-0.1, -0.05) is 29.8 Å². The second-order valence-electron chi connectivity index (χ2n) is 5.10. The molecule has 2 N–H and O–H groups in total. The summed E-state index contributed by atoms with van der Waals surface area (Å²) < 4.78 is 11.4. The van der Waals surface area contributed by atoms with Crippen molar-refractivity contribution in [3.05, 3.63) is 58.7 Å². The molecular formula is C16H14ClN3O2S. The van der Waals surface area contributed by atoms with Crippen molar-refractivity contribution < 1.29 is 9.00 Å². The van der Waals surface area contributed by atoms with Crippen LogP contribution in [0.3, 0.4) is 0 Å². The summed E-state index contributed by atoms with van der Waals surface area (Å²) >= 11 is 6.09. The van der Waals surface area contributed by atoms with Crippen molar-refractivity contribution in [1.82, 2.24) is 10.2 Å². The van der Waals surface area contributed by atoms with Crippen LogP contribution in [0.5, 0.6) is 0 Å². The van der Waals surface area contributed by atoms with E-state index in [2.05, 4.69) is 15.5 Å². The molecule has 1 aromatic heterocycles. The van der Waals surface area contributed by atoms with Crippen LogP contribution < -0.4 is 5.32 Å². The summed E-state index contributed by atoms with van der Waals surface area (Å²) in [6, 6.07) is 12.5. The quantitative estimate of drug-likeness (QED) is 0.760. The molecular weight excluding hydrogens is 334 g/mol. The first-order valence-electron chi connectivity index (χ1n) is 6.87. The molecule has 0 fully saturated rings. The molecule has 3 rings (SSSR count). The average molecular weight is 348 g/mol. The molecule has 0 aliphatic carbocycles. The van der Waals surface area contributed by atoms with E-state index in [1.54, 1.807) is 24.5 Å². The zero-order valence-corrected chi connectivity index (χ0v) is 13.9. The topological polar surface area (TPSA) is 74.8 Å². The molecule has 3 aromatic rings. The second-order valence-corrected chi connectivity index (χ2v) is 6.94. The zero-order chi connectivity index (χ0) is 16.4. The number of aromatic nitrogens is 2. The maximum absolute atomic E-state index is 12.4. The number of para-hydroxylation sites is 1. The molecule has 118 valence electrons. The van der Waals surface area contributed by atoms with Crippen molar-refractivity contribution >= 4 is 44.9 Å². The largest absolute Gasteiger partial charge is 0.321 e. The van der Waals surface area contributed by atoms with Gasteiger partial charge in [0.15, 0.2) is 5.69 Å². The first-order valence-corrected chi connectivity index (χ1v) is 8.98. The fourth-order valence-electron chi connectivity index (χ4n) is 2.31. The fourth-order valence-corrected chi connectivity index (χ4v) is 3.25. The number of carbonyl (C=O) groups excluding carboxylic acids is 1. The lowest BCUT2D eigenvalue weighted by Crippen LogP contribution is -2.13. The van der Waals surface area contributed by atoms with E-state index < -0.39 is 10.8 Å². The van der Waals surface area contributed by atoms with Crippen LogP contribution in [0.1, 0.15) is 16.1 Å². The predicted octanol–water partition coefficient (Wildman–Crippen LogP) is 3.35. The molecule has 23 heavy (non-hydrogen) atoms. The van der Waals surface area contributed by atoms with Crippen LogP contribution in [0.2, 0.25) is 5.02 Å². The number of fused-ring (bicyclic) bond motifs is 1. The molecule has 0 unspecified atom stereocenters. The third-order valence-corrected chi connectivity index (χ3v) is 4.43. The lowest BCUT2D eigenvalue weighted by molar-refractivity contribution is 0.102. The van der Waals surface area contributed by atoms with Gasteiger partial charge < -0.3 is 5.32 Å². The van der Waals surface area contributed by atoms with Crippen molar-refractivity contribution in [3.63, 3.8) is 0 Å². The Kier molecular flexibility index (Phi) is 4.45. The molecule has 1 atom stereocenters. The number of nitrogens with one attached hydrogen (secondary N) is 2. The fraction of sp³-hybridized carbons (Fsp3) is 0.125. The number of halogens is 1. The number of anilines is 1. The Hall–Kier alpha value is -2.18. The third-order valence-electron chi connectivity index (χ3n) is 3.35. The summed E-state index contributed by atoms with van der Waals surface area (Å²) in [5.74, 6) is 0.0294. The number of carbonyl (C=O) groups is 1. The van der Waals surface area contributed by atoms with Crippen LogP contribution in [0, 0.1) is 0 Å². The van der Waals surface area contributed by atoms with E-state index in [0.717, 1.165) is 16.5 Å². The van der Waals surface area contributed by atoms with Gasteiger partial charge >= 0.3 is 0 Å². The highest BCUT2D eigenvalue weighted by atomic mass is 35.5. The van der Waals surface area contributed by atoms with Crippen LogP contribution in [-0.4, -0.2) is 26.6 Å². The van der Waals surface area contributed by atoms with E-state index in [1.807, 2.05) is 24.3 Å². The van der Waals surface area contributed by atoms with E-state index in [0.29, 0.717) is 22.2 Å². The highest BCUT2D eigenvalue weighted by molar-refractivity contribution is 7.83. The van der Waals surface area contributed by atoms with Crippen molar-refractivity contribution in [2.45, 2.75) is 5.75 Å². The van der Waals surface area contributed by atoms with Crippen LogP contribution in [-0.2, 0) is 16.6 Å². The number of amides is 1. The standard InChI is InChI=1S/C16H14ClN3O2S/c1-23(22)9-10-8-11(6-7-13(10)17)18-16(21)15-12-4-2-3-5-14(12)19-20-15/h2-8H,9H2,1H3,(H,18,21)(H,19,20)/t23-/m0/s1. The van der Waals surface area contributed by atoms with Crippen molar-refractivity contribution in [3.8, 4) is 0 Å². The Morgan fingerprint density at radius 3 is 2.87 bits per heavy atom. The molecule has 7 heteroatoms. The van der Waals surface area contributed by atoms with E-state index in [9.17, 15) is 9.00 Å². The van der Waals surface area contributed by atoms with E-state index in [-0.39, 0.29) is 5.91 Å². The van der Waals surface area contributed by atoms with Gasteiger partial charge in [-0.15, -0.1) is 0 Å². The van der Waals surface area contributed by atoms with Gasteiger partial charge in [0.25, 0.3) is 5.91 Å². The molecule has 0 saturated heterocycles. The predicted molar refractivity (Wildman–Crippen MR) is 93.3 cm³/mol. The normalized spacial score (nSPS) is 12.3. The summed E-state index contributed by atoms with van der Waals surface area (Å²) in [5, 5.41) is 11.0. The van der Waals surface area contributed by atoms with Crippen LogP contribution >= 0.6 is 11.6 Å². The van der Waals surface area contributed by atoms with Gasteiger partial charge in [-0.2, -0.15) is 5.10 Å². The van der Waals surface area contributed by atoms with Crippen molar-refractivity contribution in [2.75, 3.05) is 11.6 Å². The third kappa shape index (κ3) is 3.43. The molecule has 2 aromatic carbocycles. The Balaban J connectivity index is 1.87.